The van der Waals surface area contributed by atoms with Crippen molar-refractivity contribution in [2.45, 2.75) is 26.3 Å². The van der Waals surface area contributed by atoms with Gasteiger partial charge in [0.25, 0.3) is 5.91 Å². The zero-order chi connectivity index (χ0) is 21.6. The van der Waals surface area contributed by atoms with Gasteiger partial charge in [-0.05, 0) is 48.6 Å². The molecular weight excluding hydrogens is 405 g/mol. The number of aromatic amines is 1. The number of aromatic nitrogens is 1. The number of carbonyl (C=O) groups excluding carboxylic acids is 2. The number of nitrogens with two attached hydrogens (primary N) is 1. The molecule has 4 rings (SSSR count). The summed E-state index contributed by atoms with van der Waals surface area (Å²) in [6, 6.07) is 6.81. The summed E-state index contributed by atoms with van der Waals surface area (Å²) in [6.45, 7) is 6.36. The minimum Gasteiger partial charge on any atom is -0.366 e. The van der Waals surface area contributed by atoms with E-state index in [4.69, 9.17) is 17.3 Å². The van der Waals surface area contributed by atoms with Gasteiger partial charge in [-0.3, -0.25) is 9.59 Å². The van der Waals surface area contributed by atoms with Crippen LogP contribution in [0.2, 0.25) is 5.02 Å². The number of aryl methyl sites for hydroxylation is 1. The molecular formula is C23H21ClFN3O2. The number of hydrogen-bond donors (Lipinski definition) is 2. The van der Waals surface area contributed by atoms with Gasteiger partial charge in [0, 0.05) is 29.7 Å². The normalized spacial score (nSPS) is 13.8. The summed E-state index contributed by atoms with van der Waals surface area (Å²) < 4.78 is 15.4. The van der Waals surface area contributed by atoms with Gasteiger partial charge >= 0.3 is 0 Å². The quantitative estimate of drug-likeness (QED) is 0.606. The van der Waals surface area contributed by atoms with Crippen molar-refractivity contribution < 1.29 is 14.0 Å². The van der Waals surface area contributed by atoms with E-state index in [1.54, 1.807) is 11.8 Å². The van der Waals surface area contributed by atoms with Crippen molar-refractivity contribution in [1.82, 2.24) is 9.88 Å². The van der Waals surface area contributed by atoms with E-state index in [-0.39, 0.29) is 11.5 Å². The predicted octanol–water partition coefficient (Wildman–Crippen LogP) is 4.50. The zero-order valence-corrected chi connectivity index (χ0v) is 17.3. The lowest BCUT2D eigenvalue weighted by Crippen LogP contribution is -2.28. The summed E-state index contributed by atoms with van der Waals surface area (Å²) in [7, 11) is 0. The van der Waals surface area contributed by atoms with E-state index in [1.165, 1.54) is 6.08 Å². The number of benzene rings is 2. The topological polar surface area (TPSA) is 79.2 Å². The van der Waals surface area contributed by atoms with E-state index in [0.717, 1.165) is 23.6 Å². The van der Waals surface area contributed by atoms with Crippen LogP contribution in [-0.2, 0) is 17.8 Å². The van der Waals surface area contributed by atoms with Crippen molar-refractivity contribution in [1.29, 1.82) is 0 Å². The lowest BCUT2D eigenvalue weighted by Gasteiger charge is -2.19. The minimum atomic E-state index is -0.728. The number of amides is 2. The van der Waals surface area contributed by atoms with Crippen molar-refractivity contribution in [3.8, 4) is 11.1 Å². The average molecular weight is 426 g/mol. The van der Waals surface area contributed by atoms with E-state index >= 15 is 4.39 Å². The van der Waals surface area contributed by atoms with Crippen LogP contribution in [0.15, 0.2) is 36.9 Å². The first-order chi connectivity index (χ1) is 14.3. The Hall–Kier alpha value is -3.12. The van der Waals surface area contributed by atoms with Gasteiger partial charge in [0.15, 0.2) is 0 Å². The molecule has 1 aliphatic heterocycles. The molecule has 0 saturated carbocycles. The largest absolute Gasteiger partial charge is 0.366 e. The van der Waals surface area contributed by atoms with Gasteiger partial charge in [0.1, 0.15) is 5.82 Å². The number of nitrogens with one attached hydrogen (secondary N) is 1. The third kappa shape index (κ3) is 3.17. The van der Waals surface area contributed by atoms with E-state index in [2.05, 4.69) is 11.6 Å². The molecule has 154 valence electrons. The molecule has 0 bridgehead atoms. The highest BCUT2D eigenvalue weighted by atomic mass is 35.5. The number of rotatable bonds is 3. The maximum absolute atomic E-state index is 15.4. The molecule has 0 radical (unpaired) electrons. The van der Waals surface area contributed by atoms with Gasteiger partial charge in [0.05, 0.1) is 16.1 Å². The fourth-order valence-corrected chi connectivity index (χ4v) is 4.48. The summed E-state index contributed by atoms with van der Waals surface area (Å²) in [5.41, 5.74) is 9.56. The molecule has 0 aliphatic carbocycles. The van der Waals surface area contributed by atoms with Crippen LogP contribution in [0.25, 0.3) is 22.0 Å². The Morgan fingerprint density at radius 1 is 1.37 bits per heavy atom. The number of primary amides is 1. The molecule has 0 saturated heterocycles. The molecule has 0 spiro atoms. The second kappa shape index (κ2) is 7.61. The highest BCUT2D eigenvalue weighted by Crippen LogP contribution is 2.41. The highest BCUT2D eigenvalue weighted by Gasteiger charge is 2.25. The number of fused-ring (bicyclic) bond motifs is 2. The first-order valence-electron chi connectivity index (χ1n) is 9.66. The molecule has 3 N–H and O–H groups in total. The molecule has 2 aromatic carbocycles. The molecule has 0 atom stereocenters. The maximum Gasteiger partial charge on any atom is 0.250 e. The second-order valence-corrected chi connectivity index (χ2v) is 7.85. The molecule has 30 heavy (non-hydrogen) atoms. The Morgan fingerprint density at radius 3 is 2.83 bits per heavy atom. The Bertz CT molecular complexity index is 1220. The number of carbonyl (C=O) groups is 2. The van der Waals surface area contributed by atoms with Gasteiger partial charge in [-0.15, -0.1) is 0 Å². The molecule has 1 aliphatic rings. The Morgan fingerprint density at radius 2 is 2.13 bits per heavy atom. The molecule has 0 unspecified atom stereocenters. The van der Waals surface area contributed by atoms with Gasteiger partial charge in [-0.25, -0.2) is 4.39 Å². The summed E-state index contributed by atoms with van der Waals surface area (Å²) >= 11 is 6.53. The summed E-state index contributed by atoms with van der Waals surface area (Å²) in [5.74, 6) is -1.42. The van der Waals surface area contributed by atoms with Crippen LogP contribution in [0.5, 0.6) is 0 Å². The second-order valence-electron chi connectivity index (χ2n) is 7.47. The summed E-state index contributed by atoms with van der Waals surface area (Å²) in [5, 5.41) is 0.802. The van der Waals surface area contributed by atoms with Crippen molar-refractivity contribution in [3.63, 3.8) is 0 Å². The SMILES string of the molecule is C=CC(=O)N1CCCc2c(cccc2-c2c(F)cc(C(N)=O)c3[nH]c(C)c(Cl)c23)C1. The van der Waals surface area contributed by atoms with Gasteiger partial charge < -0.3 is 15.6 Å². The number of H-pyrrole nitrogens is 1. The van der Waals surface area contributed by atoms with Crippen molar-refractivity contribution in [2.75, 3.05) is 6.54 Å². The lowest BCUT2D eigenvalue weighted by molar-refractivity contribution is -0.126. The summed E-state index contributed by atoms with van der Waals surface area (Å²) in [6.07, 6.45) is 2.74. The van der Waals surface area contributed by atoms with Crippen LogP contribution < -0.4 is 5.73 Å². The molecule has 2 amide bonds. The van der Waals surface area contributed by atoms with Crippen LogP contribution in [-0.4, -0.2) is 28.2 Å². The average Bonchev–Trinajstić information content (AvgIpc) is 2.90. The highest BCUT2D eigenvalue weighted by molar-refractivity contribution is 6.38. The minimum absolute atomic E-state index is 0.0611. The van der Waals surface area contributed by atoms with Crippen molar-refractivity contribution in [2.24, 2.45) is 5.73 Å². The predicted molar refractivity (Wildman–Crippen MR) is 116 cm³/mol. The van der Waals surface area contributed by atoms with Gasteiger partial charge in [0.2, 0.25) is 5.91 Å². The lowest BCUT2D eigenvalue weighted by atomic mass is 9.90. The fourth-order valence-electron chi connectivity index (χ4n) is 4.25. The zero-order valence-electron chi connectivity index (χ0n) is 16.5. The Kier molecular flexibility index (Phi) is 5.12. The van der Waals surface area contributed by atoms with Crippen LogP contribution in [0.4, 0.5) is 4.39 Å². The van der Waals surface area contributed by atoms with E-state index in [9.17, 15) is 9.59 Å². The van der Waals surface area contributed by atoms with Crippen LogP contribution >= 0.6 is 11.6 Å². The maximum atomic E-state index is 15.4. The molecule has 5 nitrogen and oxygen atoms in total. The molecule has 0 fully saturated rings. The molecule has 7 heteroatoms. The number of halogens is 2. The van der Waals surface area contributed by atoms with Crippen LogP contribution in [0, 0.1) is 12.7 Å². The van der Waals surface area contributed by atoms with Gasteiger partial charge in [-0.2, -0.15) is 0 Å². The fraction of sp³-hybridized carbons (Fsp3) is 0.217. The van der Waals surface area contributed by atoms with E-state index in [0.29, 0.717) is 52.3 Å². The standard InChI is InChI=1S/C23H21ClFN3O2/c1-3-18(29)28-9-5-8-14-13(11-28)6-4-7-15(14)19-17(25)10-16(23(26)30)22-20(19)21(24)12(2)27-22/h3-4,6-7,10,27H,1,5,8-9,11H2,2H3,(H2,26,30). The van der Waals surface area contributed by atoms with E-state index < -0.39 is 11.7 Å². The summed E-state index contributed by atoms with van der Waals surface area (Å²) in [4.78, 5) is 28.8. The Balaban J connectivity index is 1.98. The monoisotopic (exact) mass is 425 g/mol. The van der Waals surface area contributed by atoms with Crippen molar-refractivity contribution >= 4 is 34.3 Å². The number of hydrogen-bond acceptors (Lipinski definition) is 2. The third-order valence-corrected chi connectivity index (χ3v) is 6.12. The molecule has 1 aromatic heterocycles. The van der Waals surface area contributed by atoms with Crippen LogP contribution in [0.3, 0.4) is 0 Å². The van der Waals surface area contributed by atoms with E-state index in [1.807, 2.05) is 18.2 Å². The van der Waals surface area contributed by atoms with Crippen molar-refractivity contribution in [3.05, 3.63) is 70.1 Å². The van der Waals surface area contributed by atoms with Gasteiger partial charge in [-0.1, -0.05) is 36.4 Å². The first-order valence-corrected chi connectivity index (χ1v) is 10.0. The smallest absolute Gasteiger partial charge is 0.250 e. The first kappa shape index (κ1) is 20.2. The third-order valence-electron chi connectivity index (χ3n) is 5.65. The Labute approximate surface area is 178 Å². The number of nitrogens with zero attached hydrogens (tertiary/aromatic N) is 1. The molecule has 3 aromatic rings. The molecule has 2 heterocycles. The van der Waals surface area contributed by atoms with Crippen LogP contribution in [0.1, 0.15) is 33.6 Å².